The molecule has 1 fully saturated rings. The molecule has 0 radical (unpaired) electrons. The molecule has 0 unspecified atom stereocenters. The van der Waals surface area contributed by atoms with Crippen molar-refractivity contribution >= 4 is 12.0 Å². The average Bonchev–Trinajstić information content (AvgIpc) is 3.14. The van der Waals surface area contributed by atoms with Gasteiger partial charge in [-0.25, -0.2) is 0 Å². The van der Waals surface area contributed by atoms with Crippen LogP contribution in [0.15, 0.2) is 28.8 Å². The summed E-state index contributed by atoms with van der Waals surface area (Å²) < 4.78 is 40.3. The van der Waals surface area contributed by atoms with Gasteiger partial charge in [-0.05, 0) is 25.0 Å². The lowest BCUT2D eigenvalue weighted by Crippen LogP contribution is -2.47. The molecular weight excluding hydrogens is 384 g/mol. The summed E-state index contributed by atoms with van der Waals surface area (Å²) in [5.41, 5.74) is -0.401. The van der Waals surface area contributed by atoms with Crippen molar-refractivity contribution in [2.45, 2.75) is 51.2 Å². The predicted octanol–water partition coefficient (Wildman–Crippen LogP) is 3.98. The number of amides is 1. The maximum absolute atomic E-state index is 12.8. The molecule has 1 heterocycles. The molecule has 1 saturated carbocycles. The first-order valence-corrected chi connectivity index (χ1v) is 9.36. The van der Waals surface area contributed by atoms with Gasteiger partial charge in [-0.2, -0.15) is 13.8 Å². The third-order valence-corrected chi connectivity index (χ3v) is 4.88. The second-order valence-electron chi connectivity index (χ2n) is 6.86. The second kappa shape index (κ2) is 9.02. The van der Waals surface area contributed by atoms with E-state index in [0.29, 0.717) is 30.1 Å². The summed E-state index contributed by atoms with van der Waals surface area (Å²) in [5.74, 6) is 0.522. The van der Waals surface area contributed by atoms with Crippen LogP contribution in [-0.4, -0.2) is 29.8 Å². The number of nitrogens with one attached hydrogen (secondary N) is 1. The van der Waals surface area contributed by atoms with Gasteiger partial charge < -0.3 is 19.3 Å². The van der Waals surface area contributed by atoms with Gasteiger partial charge in [-0.15, -0.1) is 0 Å². The molecular formula is C20H23F2N3O4. The van der Waals surface area contributed by atoms with Gasteiger partial charge >= 0.3 is 6.61 Å². The Morgan fingerprint density at radius 1 is 1.31 bits per heavy atom. The molecule has 156 valence electrons. The number of alkyl halides is 2. The minimum Gasteiger partial charge on any atom is -0.493 e. The first-order valence-electron chi connectivity index (χ1n) is 9.36. The van der Waals surface area contributed by atoms with Crippen molar-refractivity contribution in [3.05, 3.63) is 41.6 Å². The standard InChI is InChI=1S/C20H23F2N3O4/c1-13-23-18(25-29-13)20(11-4-3-5-12-20)24-16(26)10-9-14-7-6-8-15(27-2)17(14)28-19(21)22/h6-10,19H,3-5,11-12H2,1-2H3,(H,24,26). The van der Waals surface area contributed by atoms with E-state index >= 15 is 0 Å². The van der Waals surface area contributed by atoms with E-state index in [1.807, 2.05) is 0 Å². The predicted molar refractivity (Wildman–Crippen MR) is 101 cm³/mol. The lowest BCUT2D eigenvalue weighted by molar-refractivity contribution is -0.119. The third kappa shape index (κ3) is 4.90. The molecule has 1 aliphatic carbocycles. The number of carbonyl (C=O) groups excluding carboxylic acids is 1. The third-order valence-electron chi connectivity index (χ3n) is 4.88. The van der Waals surface area contributed by atoms with Crippen LogP contribution in [0.4, 0.5) is 8.78 Å². The Bertz CT molecular complexity index is 876. The highest BCUT2D eigenvalue weighted by molar-refractivity contribution is 5.92. The second-order valence-corrected chi connectivity index (χ2v) is 6.86. The van der Waals surface area contributed by atoms with Crippen LogP contribution < -0.4 is 14.8 Å². The topological polar surface area (TPSA) is 86.5 Å². The zero-order chi connectivity index (χ0) is 20.9. The number of aromatic nitrogens is 2. The number of para-hydroxylation sites is 1. The zero-order valence-corrected chi connectivity index (χ0v) is 16.3. The van der Waals surface area contributed by atoms with E-state index in [-0.39, 0.29) is 17.4 Å². The molecule has 2 aromatic rings. The Hall–Kier alpha value is -2.97. The highest BCUT2D eigenvalue weighted by Crippen LogP contribution is 2.36. The maximum atomic E-state index is 12.8. The Kier molecular flexibility index (Phi) is 6.46. The van der Waals surface area contributed by atoms with E-state index in [1.54, 1.807) is 19.1 Å². The van der Waals surface area contributed by atoms with Gasteiger partial charge in [0.15, 0.2) is 17.3 Å². The van der Waals surface area contributed by atoms with Crippen LogP contribution in [-0.2, 0) is 10.3 Å². The van der Waals surface area contributed by atoms with Gasteiger partial charge in [-0.3, -0.25) is 4.79 Å². The van der Waals surface area contributed by atoms with Crippen molar-refractivity contribution in [3.8, 4) is 11.5 Å². The van der Waals surface area contributed by atoms with Crippen molar-refractivity contribution in [1.82, 2.24) is 15.5 Å². The number of benzene rings is 1. The van der Waals surface area contributed by atoms with E-state index in [1.165, 1.54) is 25.3 Å². The number of hydrogen-bond donors (Lipinski definition) is 1. The summed E-state index contributed by atoms with van der Waals surface area (Å²) in [6, 6.07) is 4.69. The van der Waals surface area contributed by atoms with E-state index in [4.69, 9.17) is 9.26 Å². The molecule has 0 saturated heterocycles. The molecule has 9 heteroatoms. The molecule has 7 nitrogen and oxygen atoms in total. The van der Waals surface area contributed by atoms with E-state index in [9.17, 15) is 13.6 Å². The van der Waals surface area contributed by atoms with Crippen LogP contribution in [0.25, 0.3) is 6.08 Å². The summed E-state index contributed by atoms with van der Waals surface area (Å²) in [6.07, 6.45) is 7.01. The zero-order valence-electron chi connectivity index (χ0n) is 16.3. The van der Waals surface area contributed by atoms with Crippen LogP contribution in [0.2, 0.25) is 0 Å². The fourth-order valence-corrected chi connectivity index (χ4v) is 3.54. The minimum absolute atomic E-state index is 0.129. The smallest absolute Gasteiger partial charge is 0.387 e. The Morgan fingerprint density at radius 2 is 2.07 bits per heavy atom. The number of halogens is 2. The molecule has 1 aromatic heterocycles. The van der Waals surface area contributed by atoms with Crippen LogP contribution in [0.3, 0.4) is 0 Å². The highest BCUT2D eigenvalue weighted by atomic mass is 19.3. The summed E-state index contributed by atoms with van der Waals surface area (Å²) >= 11 is 0. The van der Waals surface area contributed by atoms with Gasteiger partial charge in [0, 0.05) is 18.6 Å². The van der Waals surface area contributed by atoms with Gasteiger partial charge in [0.05, 0.1) is 7.11 Å². The van der Waals surface area contributed by atoms with Crippen LogP contribution in [0.5, 0.6) is 11.5 Å². The maximum Gasteiger partial charge on any atom is 0.387 e. The summed E-state index contributed by atoms with van der Waals surface area (Å²) in [4.78, 5) is 17.0. The molecule has 0 aliphatic heterocycles. The molecule has 0 atom stereocenters. The quantitative estimate of drug-likeness (QED) is 0.699. The first-order chi connectivity index (χ1) is 13.9. The SMILES string of the molecule is COc1cccc(C=CC(=O)NC2(c3noc(C)n3)CCCCC2)c1OC(F)F. The molecule has 1 N–H and O–H groups in total. The fourth-order valence-electron chi connectivity index (χ4n) is 3.54. The van der Waals surface area contributed by atoms with Gasteiger partial charge in [0.1, 0.15) is 5.54 Å². The van der Waals surface area contributed by atoms with E-state index < -0.39 is 12.2 Å². The average molecular weight is 407 g/mol. The number of carbonyl (C=O) groups is 1. The number of ether oxygens (including phenoxy) is 2. The number of aryl methyl sites for hydroxylation is 1. The largest absolute Gasteiger partial charge is 0.493 e. The monoisotopic (exact) mass is 407 g/mol. The van der Waals surface area contributed by atoms with Crippen molar-refractivity contribution in [3.63, 3.8) is 0 Å². The molecule has 0 spiro atoms. The van der Waals surface area contributed by atoms with Crippen LogP contribution in [0, 0.1) is 6.92 Å². The summed E-state index contributed by atoms with van der Waals surface area (Å²) in [7, 11) is 1.35. The van der Waals surface area contributed by atoms with Crippen LogP contribution >= 0.6 is 0 Å². The van der Waals surface area contributed by atoms with Gasteiger partial charge in [0.2, 0.25) is 11.8 Å². The summed E-state index contributed by atoms with van der Waals surface area (Å²) in [5, 5.41) is 7.00. The van der Waals surface area contributed by atoms with E-state index in [2.05, 4.69) is 20.2 Å². The van der Waals surface area contributed by atoms with Crippen molar-refractivity contribution < 1.29 is 27.6 Å². The minimum atomic E-state index is -3.01. The lowest BCUT2D eigenvalue weighted by atomic mass is 9.81. The molecule has 1 aliphatic rings. The Morgan fingerprint density at radius 3 is 2.69 bits per heavy atom. The first kappa shape index (κ1) is 20.8. The Balaban J connectivity index is 1.81. The summed E-state index contributed by atoms with van der Waals surface area (Å²) in [6.45, 7) is -1.32. The highest BCUT2D eigenvalue weighted by Gasteiger charge is 2.39. The van der Waals surface area contributed by atoms with E-state index in [0.717, 1.165) is 19.3 Å². The van der Waals surface area contributed by atoms with Crippen molar-refractivity contribution in [2.24, 2.45) is 0 Å². The molecule has 3 rings (SSSR count). The number of nitrogens with zero attached hydrogens (tertiary/aromatic N) is 2. The normalized spacial score (nSPS) is 16.2. The molecule has 1 amide bonds. The molecule has 0 bridgehead atoms. The van der Waals surface area contributed by atoms with Gasteiger partial charge in [0.25, 0.3) is 0 Å². The Labute approximate surface area is 167 Å². The fraction of sp³-hybridized carbons (Fsp3) is 0.450. The number of methoxy groups -OCH3 is 1. The van der Waals surface area contributed by atoms with Gasteiger partial charge in [-0.1, -0.05) is 36.6 Å². The van der Waals surface area contributed by atoms with Crippen molar-refractivity contribution in [2.75, 3.05) is 7.11 Å². The van der Waals surface area contributed by atoms with Crippen LogP contribution in [0.1, 0.15) is 49.4 Å². The van der Waals surface area contributed by atoms with Crippen molar-refractivity contribution in [1.29, 1.82) is 0 Å². The molecule has 1 aromatic carbocycles. The molecule has 29 heavy (non-hydrogen) atoms. The lowest BCUT2D eigenvalue weighted by Gasteiger charge is -2.34. The number of rotatable bonds is 7. The number of hydrogen-bond acceptors (Lipinski definition) is 6.